The molecule has 1 aliphatic rings. The Kier molecular flexibility index (Phi) is 5.65. The molecular weight excluding hydrogens is 330 g/mol. The monoisotopic (exact) mass is 353 g/mol. The molecule has 1 aromatic carbocycles. The van der Waals surface area contributed by atoms with Gasteiger partial charge in [-0.25, -0.2) is 0 Å². The van der Waals surface area contributed by atoms with Gasteiger partial charge in [-0.05, 0) is 66.4 Å². The number of amides is 1. The molecule has 1 aliphatic carbocycles. The minimum atomic E-state index is -0.400. The SMILES string of the molecule is CCN(c1ccc(C(N)=O)cc1Br)C1CCCCC1CN. The van der Waals surface area contributed by atoms with Crippen molar-refractivity contribution in [3.63, 3.8) is 0 Å². The number of halogens is 1. The number of anilines is 1. The number of carbonyl (C=O) groups excluding carboxylic acids is 1. The summed E-state index contributed by atoms with van der Waals surface area (Å²) in [4.78, 5) is 13.7. The second-order valence-electron chi connectivity index (χ2n) is 5.66. The number of hydrogen-bond donors (Lipinski definition) is 2. The molecule has 2 rings (SSSR count). The van der Waals surface area contributed by atoms with Crippen LogP contribution in [0.3, 0.4) is 0 Å². The van der Waals surface area contributed by atoms with Gasteiger partial charge in [0.1, 0.15) is 0 Å². The lowest BCUT2D eigenvalue weighted by molar-refractivity contribution is 0.100. The third kappa shape index (κ3) is 3.58. The van der Waals surface area contributed by atoms with Crippen molar-refractivity contribution in [3.05, 3.63) is 28.2 Å². The molecule has 2 atom stereocenters. The van der Waals surface area contributed by atoms with Gasteiger partial charge in [0.2, 0.25) is 5.91 Å². The van der Waals surface area contributed by atoms with E-state index in [1.165, 1.54) is 25.7 Å². The minimum absolute atomic E-state index is 0.400. The molecule has 4 N–H and O–H groups in total. The van der Waals surface area contributed by atoms with Gasteiger partial charge in [-0.3, -0.25) is 4.79 Å². The summed E-state index contributed by atoms with van der Waals surface area (Å²) in [6.07, 6.45) is 4.92. The van der Waals surface area contributed by atoms with Gasteiger partial charge in [-0.2, -0.15) is 0 Å². The number of carbonyl (C=O) groups is 1. The second-order valence-corrected chi connectivity index (χ2v) is 6.52. The fraction of sp³-hybridized carbons (Fsp3) is 0.562. The number of rotatable bonds is 5. The van der Waals surface area contributed by atoms with E-state index in [9.17, 15) is 4.79 Å². The largest absolute Gasteiger partial charge is 0.368 e. The van der Waals surface area contributed by atoms with E-state index >= 15 is 0 Å². The van der Waals surface area contributed by atoms with E-state index in [-0.39, 0.29) is 0 Å². The first-order valence-electron chi connectivity index (χ1n) is 7.64. The highest BCUT2D eigenvalue weighted by Crippen LogP contribution is 2.35. The summed E-state index contributed by atoms with van der Waals surface area (Å²) in [7, 11) is 0. The quantitative estimate of drug-likeness (QED) is 0.854. The van der Waals surface area contributed by atoms with E-state index in [2.05, 4.69) is 27.8 Å². The van der Waals surface area contributed by atoms with Crippen molar-refractivity contribution < 1.29 is 4.79 Å². The molecule has 116 valence electrons. The van der Waals surface area contributed by atoms with Crippen LogP contribution in [0.4, 0.5) is 5.69 Å². The normalized spacial score (nSPS) is 22.0. The Morgan fingerprint density at radius 3 is 2.67 bits per heavy atom. The zero-order chi connectivity index (χ0) is 15.4. The number of nitrogens with two attached hydrogens (primary N) is 2. The zero-order valence-corrected chi connectivity index (χ0v) is 14.1. The standard InChI is InChI=1S/C16H24BrN3O/c1-2-20(14-6-4-3-5-12(14)10-18)15-8-7-11(16(19)21)9-13(15)17/h7-9,12,14H,2-6,10,18H2,1H3,(H2,19,21). The first-order chi connectivity index (χ1) is 10.1. The Morgan fingerprint density at radius 1 is 1.38 bits per heavy atom. The second kappa shape index (κ2) is 7.27. The average Bonchev–Trinajstić information content (AvgIpc) is 2.49. The lowest BCUT2D eigenvalue weighted by Gasteiger charge is -2.41. The number of hydrogen-bond acceptors (Lipinski definition) is 3. The molecular formula is C16H24BrN3O. The molecule has 5 heteroatoms. The predicted molar refractivity (Wildman–Crippen MR) is 90.5 cm³/mol. The number of nitrogens with zero attached hydrogens (tertiary/aromatic N) is 1. The van der Waals surface area contributed by atoms with Gasteiger partial charge in [-0.15, -0.1) is 0 Å². The number of primary amides is 1. The Labute approximate surface area is 135 Å². The maximum Gasteiger partial charge on any atom is 0.248 e. The highest BCUT2D eigenvalue weighted by atomic mass is 79.9. The summed E-state index contributed by atoms with van der Waals surface area (Å²) in [5.41, 5.74) is 13.0. The molecule has 0 radical (unpaired) electrons. The van der Waals surface area contributed by atoms with Crippen molar-refractivity contribution in [3.8, 4) is 0 Å². The van der Waals surface area contributed by atoms with Crippen LogP contribution < -0.4 is 16.4 Å². The molecule has 2 unspecified atom stereocenters. The molecule has 1 fully saturated rings. The molecule has 0 saturated heterocycles. The smallest absolute Gasteiger partial charge is 0.248 e. The van der Waals surface area contributed by atoms with Gasteiger partial charge in [0, 0.05) is 22.6 Å². The van der Waals surface area contributed by atoms with E-state index < -0.39 is 5.91 Å². The molecule has 0 aliphatic heterocycles. The van der Waals surface area contributed by atoms with Crippen LogP contribution in [0.15, 0.2) is 22.7 Å². The maximum atomic E-state index is 11.3. The van der Waals surface area contributed by atoms with Gasteiger partial charge in [0.25, 0.3) is 0 Å². The van der Waals surface area contributed by atoms with Crippen molar-refractivity contribution in [2.24, 2.45) is 17.4 Å². The Hall–Kier alpha value is -1.07. The topological polar surface area (TPSA) is 72.3 Å². The van der Waals surface area contributed by atoms with E-state index in [0.29, 0.717) is 17.5 Å². The van der Waals surface area contributed by atoms with Crippen LogP contribution in [0, 0.1) is 5.92 Å². The van der Waals surface area contributed by atoms with Crippen molar-refractivity contribution >= 4 is 27.5 Å². The summed E-state index contributed by atoms with van der Waals surface area (Å²) >= 11 is 3.58. The van der Waals surface area contributed by atoms with Crippen LogP contribution in [0.25, 0.3) is 0 Å². The van der Waals surface area contributed by atoms with Gasteiger partial charge in [0.05, 0.1) is 5.69 Å². The maximum absolute atomic E-state index is 11.3. The summed E-state index contributed by atoms with van der Waals surface area (Å²) < 4.78 is 0.919. The Balaban J connectivity index is 2.30. The molecule has 1 aromatic rings. The van der Waals surface area contributed by atoms with E-state index in [1.54, 1.807) is 12.1 Å². The predicted octanol–water partition coefficient (Wildman–Crippen LogP) is 2.89. The third-order valence-corrected chi connectivity index (χ3v) is 5.09. The van der Waals surface area contributed by atoms with Gasteiger partial charge < -0.3 is 16.4 Å². The van der Waals surface area contributed by atoms with Crippen molar-refractivity contribution in [1.29, 1.82) is 0 Å². The fourth-order valence-corrected chi connectivity index (χ4v) is 3.96. The van der Waals surface area contributed by atoms with E-state index in [0.717, 1.165) is 23.2 Å². The molecule has 1 amide bonds. The Morgan fingerprint density at radius 2 is 2.10 bits per heavy atom. The molecule has 0 bridgehead atoms. The highest BCUT2D eigenvalue weighted by Gasteiger charge is 2.29. The van der Waals surface area contributed by atoms with Gasteiger partial charge in [0.15, 0.2) is 0 Å². The van der Waals surface area contributed by atoms with Crippen LogP contribution in [-0.4, -0.2) is 25.0 Å². The highest BCUT2D eigenvalue weighted by molar-refractivity contribution is 9.10. The number of benzene rings is 1. The summed E-state index contributed by atoms with van der Waals surface area (Å²) in [5.74, 6) is 0.143. The lowest BCUT2D eigenvalue weighted by Crippen LogP contribution is -2.45. The summed E-state index contributed by atoms with van der Waals surface area (Å²) in [6, 6.07) is 6.06. The fourth-order valence-electron chi connectivity index (χ4n) is 3.35. The summed E-state index contributed by atoms with van der Waals surface area (Å²) in [6.45, 7) is 3.82. The molecule has 0 heterocycles. The minimum Gasteiger partial charge on any atom is -0.368 e. The first-order valence-corrected chi connectivity index (χ1v) is 8.43. The van der Waals surface area contributed by atoms with Crippen LogP contribution in [0.1, 0.15) is 43.0 Å². The van der Waals surface area contributed by atoms with Crippen LogP contribution in [0.5, 0.6) is 0 Å². The van der Waals surface area contributed by atoms with Crippen molar-refractivity contribution in [1.82, 2.24) is 0 Å². The Bertz CT molecular complexity index is 506. The first kappa shape index (κ1) is 16.3. The van der Waals surface area contributed by atoms with Gasteiger partial charge >= 0.3 is 0 Å². The van der Waals surface area contributed by atoms with Gasteiger partial charge in [-0.1, -0.05) is 12.8 Å². The molecule has 1 saturated carbocycles. The molecule has 21 heavy (non-hydrogen) atoms. The van der Waals surface area contributed by atoms with Crippen molar-refractivity contribution in [2.45, 2.75) is 38.6 Å². The summed E-state index contributed by atoms with van der Waals surface area (Å²) in [5, 5.41) is 0. The average molecular weight is 354 g/mol. The van der Waals surface area contributed by atoms with Crippen molar-refractivity contribution in [2.75, 3.05) is 18.0 Å². The lowest BCUT2D eigenvalue weighted by atomic mass is 9.83. The zero-order valence-electron chi connectivity index (χ0n) is 12.5. The van der Waals surface area contributed by atoms with Crippen LogP contribution in [0.2, 0.25) is 0 Å². The molecule has 4 nitrogen and oxygen atoms in total. The molecule has 0 aromatic heterocycles. The molecule has 0 spiro atoms. The van der Waals surface area contributed by atoms with Crippen LogP contribution in [-0.2, 0) is 0 Å². The van der Waals surface area contributed by atoms with E-state index in [1.807, 2.05) is 6.07 Å². The third-order valence-electron chi connectivity index (χ3n) is 4.45. The van der Waals surface area contributed by atoms with E-state index in [4.69, 9.17) is 11.5 Å². The van der Waals surface area contributed by atoms with Crippen LogP contribution >= 0.6 is 15.9 Å².